The van der Waals surface area contributed by atoms with Gasteiger partial charge in [0, 0.05) is 6.54 Å². The Hall–Kier alpha value is -2.94. The molecule has 3 amide bonds. The summed E-state index contributed by atoms with van der Waals surface area (Å²) in [5.74, 6) is -2.54. The third-order valence-electron chi connectivity index (χ3n) is 6.02. The molecule has 0 spiro atoms. The van der Waals surface area contributed by atoms with Crippen molar-refractivity contribution >= 4 is 23.7 Å². The summed E-state index contributed by atoms with van der Waals surface area (Å²) in [6, 6.07) is 5.91. The van der Waals surface area contributed by atoms with Gasteiger partial charge >= 0.3 is 5.97 Å². The highest BCUT2D eigenvalue weighted by Gasteiger charge is 2.38. The first-order valence-electron chi connectivity index (χ1n) is 11.9. The van der Waals surface area contributed by atoms with Crippen LogP contribution < -0.4 is 16.4 Å². The molecule has 5 N–H and O–H groups in total. The van der Waals surface area contributed by atoms with E-state index < -0.39 is 47.9 Å². The van der Waals surface area contributed by atoms with E-state index in [0.29, 0.717) is 32.2 Å². The second-order valence-electron chi connectivity index (χ2n) is 9.75. The van der Waals surface area contributed by atoms with Gasteiger partial charge in [-0.05, 0) is 43.1 Å². The summed E-state index contributed by atoms with van der Waals surface area (Å²) in [7, 11) is 0. The van der Waals surface area contributed by atoms with E-state index in [1.807, 2.05) is 44.2 Å². The molecule has 0 aromatic heterocycles. The Balaban J connectivity index is 2.10. The normalized spacial score (nSPS) is 18.4. The molecule has 1 saturated heterocycles. The zero-order valence-corrected chi connectivity index (χ0v) is 20.5. The van der Waals surface area contributed by atoms with Crippen LogP contribution in [0.25, 0.3) is 0 Å². The smallest absolute Gasteiger partial charge is 0.326 e. The number of amides is 3. The van der Waals surface area contributed by atoms with Crippen LogP contribution in [0, 0.1) is 11.8 Å². The number of carbonyl (C=O) groups is 4. The van der Waals surface area contributed by atoms with Crippen LogP contribution in [-0.2, 0) is 25.6 Å². The fraction of sp³-hybridized carbons (Fsp3) is 0.600. The van der Waals surface area contributed by atoms with Gasteiger partial charge in [-0.15, -0.1) is 0 Å². The summed E-state index contributed by atoms with van der Waals surface area (Å²) in [5, 5.41) is 15.0. The van der Waals surface area contributed by atoms with Crippen molar-refractivity contribution in [1.82, 2.24) is 15.5 Å². The van der Waals surface area contributed by atoms with Gasteiger partial charge in [0.05, 0.1) is 6.04 Å². The van der Waals surface area contributed by atoms with Gasteiger partial charge in [0.2, 0.25) is 17.7 Å². The van der Waals surface area contributed by atoms with E-state index in [-0.39, 0.29) is 11.8 Å². The van der Waals surface area contributed by atoms with Gasteiger partial charge < -0.3 is 26.4 Å². The maximum Gasteiger partial charge on any atom is 0.326 e. The Kier molecular flexibility index (Phi) is 10.0. The molecule has 2 rings (SSSR count). The van der Waals surface area contributed by atoms with Crippen LogP contribution in [0.2, 0.25) is 0 Å². The number of aliphatic carboxylic acids is 1. The van der Waals surface area contributed by atoms with Crippen molar-refractivity contribution in [2.45, 2.75) is 77.5 Å². The van der Waals surface area contributed by atoms with Crippen molar-refractivity contribution in [3.63, 3.8) is 0 Å². The molecule has 4 atom stereocenters. The summed E-state index contributed by atoms with van der Waals surface area (Å²) in [6.07, 6.45) is 1.70. The molecule has 188 valence electrons. The van der Waals surface area contributed by atoms with Crippen molar-refractivity contribution in [2.24, 2.45) is 17.6 Å². The van der Waals surface area contributed by atoms with Crippen LogP contribution >= 0.6 is 0 Å². The predicted molar refractivity (Wildman–Crippen MR) is 129 cm³/mol. The molecule has 9 heteroatoms. The van der Waals surface area contributed by atoms with Crippen molar-refractivity contribution in [2.75, 3.05) is 6.54 Å². The fourth-order valence-corrected chi connectivity index (χ4v) is 4.20. The third-order valence-corrected chi connectivity index (χ3v) is 6.02. The molecule has 1 aliphatic rings. The number of likely N-dealkylation sites (tertiary alicyclic amines) is 1. The van der Waals surface area contributed by atoms with E-state index >= 15 is 0 Å². The van der Waals surface area contributed by atoms with Gasteiger partial charge in [-0.2, -0.15) is 0 Å². The minimum absolute atomic E-state index is 0.0894. The van der Waals surface area contributed by atoms with Crippen LogP contribution in [0.1, 0.15) is 52.5 Å². The number of nitrogens with zero attached hydrogens (tertiary/aromatic N) is 1. The van der Waals surface area contributed by atoms with Crippen LogP contribution in [0.4, 0.5) is 0 Å². The molecular weight excluding hydrogens is 436 g/mol. The standard InChI is InChI=1S/C25H38N4O5/c1-15(2)13-19(24(32)29-12-8-11-20(29)25(33)34)27-23(31)21(16(3)4)28-22(30)18(26)14-17-9-6-5-7-10-17/h5-7,9-10,15-16,18-21H,8,11-14,26H2,1-4H3,(H,27,31)(H,28,30)(H,33,34). The highest BCUT2D eigenvalue weighted by molar-refractivity contribution is 5.94. The number of hydrogen-bond acceptors (Lipinski definition) is 5. The van der Waals surface area contributed by atoms with Crippen LogP contribution in [-0.4, -0.2) is 64.4 Å². The van der Waals surface area contributed by atoms with E-state index in [0.717, 1.165) is 5.56 Å². The zero-order chi connectivity index (χ0) is 25.4. The fourth-order valence-electron chi connectivity index (χ4n) is 4.20. The molecule has 0 bridgehead atoms. The third kappa shape index (κ3) is 7.55. The maximum absolute atomic E-state index is 13.2. The molecule has 4 unspecified atom stereocenters. The van der Waals surface area contributed by atoms with Crippen molar-refractivity contribution in [1.29, 1.82) is 0 Å². The Bertz CT molecular complexity index is 858. The van der Waals surface area contributed by atoms with E-state index in [1.165, 1.54) is 4.90 Å². The van der Waals surface area contributed by atoms with Crippen molar-refractivity contribution in [3.8, 4) is 0 Å². The highest BCUT2D eigenvalue weighted by atomic mass is 16.4. The zero-order valence-electron chi connectivity index (χ0n) is 20.5. The highest BCUT2D eigenvalue weighted by Crippen LogP contribution is 2.20. The molecule has 0 radical (unpaired) electrons. The Labute approximate surface area is 201 Å². The molecule has 1 fully saturated rings. The number of carboxylic acid groups (broad SMARTS) is 1. The summed E-state index contributed by atoms with van der Waals surface area (Å²) < 4.78 is 0. The maximum atomic E-state index is 13.2. The molecular formula is C25H38N4O5. The lowest BCUT2D eigenvalue weighted by molar-refractivity contribution is -0.149. The van der Waals surface area contributed by atoms with Gasteiger partial charge in [-0.1, -0.05) is 58.0 Å². The number of hydrogen-bond donors (Lipinski definition) is 4. The van der Waals surface area contributed by atoms with Gasteiger partial charge in [0.25, 0.3) is 0 Å². The van der Waals surface area contributed by atoms with Gasteiger partial charge in [0.15, 0.2) is 0 Å². The quantitative estimate of drug-likeness (QED) is 0.381. The van der Waals surface area contributed by atoms with E-state index in [9.17, 15) is 24.3 Å². The number of carbonyl (C=O) groups excluding carboxylic acids is 3. The van der Waals surface area contributed by atoms with Gasteiger partial charge in [-0.3, -0.25) is 14.4 Å². The summed E-state index contributed by atoms with van der Waals surface area (Å²) in [4.78, 5) is 52.0. The number of rotatable bonds is 11. The monoisotopic (exact) mass is 474 g/mol. The molecule has 1 aliphatic heterocycles. The minimum atomic E-state index is -1.04. The lowest BCUT2D eigenvalue weighted by Crippen LogP contribution is -2.58. The van der Waals surface area contributed by atoms with Crippen molar-refractivity contribution < 1.29 is 24.3 Å². The summed E-state index contributed by atoms with van der Waals surface area (Å²) >= 11 is 0. The van der Waals surface area contributed by atoms with E-state index in [1.54, 1.807) is 13.8 Å². The van der Waals surface area contributed by atoms with Crippen LogP contribution in [0.3, 0.4) is 0 Å². The lowest BCUT2D eigenvalue weighted by atomic mass is 9.98. The summed E-state index contributed by atoms with van der Waals surface area (Å²) in [6.45, 7) is 7.80. The Morgan fingerprint density at radius 2 is 1.71 bits per heavy atom. The second kappa shape index (κ2) is 12.5. The van der Waals surface area contributed by atoms with E-state index in [2.05, 4.69) is 10.6 Å². The predicted octanol–water partition coefficient (Wildman–Crippen LogP) is 1.30. The van der Waals surface area contributed by atoms with Crippen molar-refractivity contribution in [3.05, 3.63) is 35.9 Å². The SMILES string of the molecule is CC(C)CC(NC(=O)C(NC(=O)C(N)Cc1ccccc1)C(C)C)C(=O)N1CCCC1C(=O)O. The lowest BCUT2D eigenvalue weighted by Gasteiger charge is -2.30. The van der Waals surface area contributed by atoms with Crippen LogP contribution in [0.15, 0.2) is 30.3 Å². The first-order valence-corrected chi connectivity index (χ1v) is 11.9. The molecule has 34 heavy (non-hydrogen) atoms. The van der Waals surface area contributed by atoms with E-state index in [4.69, 9.17) is 5.73 Å². The average Bonchev–Trinajstić information content (AvgIpc) is 3.26. The molecule has 1 aromatic rings. The molecule has 9 nitrogen and oxygen atoms in total. The molecule has 1 heterocycles. The number of nitrogens with one attached hydrogen (secondary N) is 2. The first-order chi connectivity index (χ1) is 16.0. The van der Waals surface area contributed by atoms with Gasteiger partial charge in [-0.25, -0.2) is 4.79 Å². The van der Waals surface area contributed by atoms with Crippen LogP contribution in [0.5, 0.6) is 0 Å². The Morgan fingerprint density at radius 1 is 1.06 bits per heavy atom. The number of carboxylic acids is 1. The minimum Gasteiger partial charge on any atom is -0.480 e. The first kappa shape index (κ1) is 27.3. The molecule has 1 aromatic carbocycles. The molecule has 0 aliphatic carbocycles. The molecule has 0 saturated carbocycles. The number of nitrogens with two attached hydrogens (primary N) is 1. The van der Waals surface area contributed by atoms with Gasteiger partial charge in [0.1, 0.15) is 18.1 Å². The summed E-state index contributed by atoms with van der Waals surface area (Å²) in [5.41, 5.74) is 6.99. The topological polar surface area (TPSA) is 142 Å². The number of benzene rings is 1. The largest absolute Gasteiger partial charge is 0.480 e. The second-order valence-corrected chi connectivity index (χ2v) is 9.75. The Morgan fingerprint density at radius 3 is 2.26 bits per heavy atom. The average molecular weight is 475 g/mol.